The first kappa shape index (κ1) is 15.2. The van der Waals surface area contributed by atoms with Crippen LogP contribution in [0.2, 0.25) is 0 Å². The van der Waals surface area contributed by atoms with E-state index in [1.165, 1.54) is 12.1 Å². The molecule has 1 aromatic heterocycles. The Morgan fingerprint density at radius 3 is 2.74 bits per heavy atom. The fourth-order valence-corrected chi connectivity index (χ4v) is 2.90. The van der Waals surface area contributed by atoms with Crippen LogP contribution in [0.5, 0.6) is 0 Å². The van der Waals surface area contributed by atoms with Gasteiger partial charge in [0.2, 0.25) is 10.0 Å². The van der Waals surface area contributed by atoms with Crippen molar-refractivity contribution in [2.75, 3.05) is 5.32 Å². The van der Waals surface area contributed by atoms with E-state index in [0.717, 1.165) is 10.9 Å². The van der Waals surface area contributed by atoms with Crippen LogP contribution in [0.15, 0.2) is 47.5 Å². The van der Waals surface area contributed by atoms with E-state index in [1.54, 1.807) is 31.3 Å². The molecule has 1 heterocycles. The summed E-state index contributed by atoms with van der Waals surface area (Å²) in [6.45, 7) is 1.70. The molecule has 0 unspecified atom stereocenters. The number of benzene rings is 2. The molecule has 0 saturated carbocycles. The Bertz CT molecular complexity index is 1010. The number of H-pyrrole nitrogens is 1. The molecule has 0 bridgehead atoms. The van der Waals surface area contributed by atoms with Crippen molar-refractivity contribution in [3.63, 3.8) is 0 Å². The lowest BCUT2D eigenvalue weighted by molar-refractivity contribution is 0.102. The molecular formula is C15H14N4O3S. The summed E-state index contributed by atoms with van der Waals surface area (Å²) in [6.07, 6.45) is 1.68. The van der Waals surface area contributed by atoms with E-state index < -0.39 is 15.9 Å². The van der Waals surface area contributed by atoms with E-state index in [4.69, 9.17) is 5.14 Å². The quantitative estimate of drug-likeness (QED) is 0.678. The largest absolute Gasteiger partial charge is 0.322 e. The second kappa shape index (κ2) is 5.49. The molecule has 0 aliphatic carbocycles. The van der Waals surface area contributed by atoms with Gasteiger partial charge < -0.3 is 5.32 Å². The van der Waals surface area contributed by atoms with Crippen LogP contribution in [0.3, 0.4) is 0 Å². The Morgan fingerprint density at radius 1 is 1.22 bits per heavy atom. The number of aromatic amines is 1. The lowest BCUT2D eigenvalue weighted by Gasteiger charge is -2.08. The van der Waals surface area contributed by atoms with Crippen LogP contribution < -0.4 is 10.5 Å². The number of rotatable bonds is 3. The summed E-state index contributed by atoms with van der Waals surface area (Å²) in [5.74, 6) is -0.419. The third kappa shape index (κ3) is 3.22. The Kier molecular flexibility index (Phi) is 3.63. The molecule has 0 atom stereocenters. The average Bonchev–Trinajstić information content (AvgIpc) is 2.93. The van der Waals surface area contributed by atoms with Gasteiger partial charge in [-0.15, -0.1) is 0 Å². The van der Waals surface area contributed by atoms with E-state index >= 15 is 0 Å². The summed E-state index contributed by atoms with van der Waals surface area (Å²) < 4.78 is 22.9. The van der Waals surface area contributed by atoms with E-state index in [-0.39, 0.29) is 10.5 Å². The Balaban J connectivity index is 1.92. The van der Waals surface area contributed by atoms with Crippen LogP contribution >= 0.6 is 0 Å². The number of sulfonamides is 1. The fraction of sp³-hybridized carbons (Fsp3) is 0.0667. The molecule has 23 heavy (non-hydrogen) atoms. The van der Waals surface area contributed by atoms with Gasteiger partial charge in [-0.2, -0.15) is 5.10 Å². The first-order valence-electron chi connectivity index (χ1n) is 6.72. The van der Waals surface area contributed by atoms with Crippen molar-refractivity contribution < 1.29 is 13.2 Å². The number of nitrogens with one attached hydrogen (secondary N) is 2. The van der Waals surface area contributed by atoms with Gasteiger partial charge in [-0.3, -0.25) is 9.89 Å². The predicted octanol–water partition coefficient (Wildman–Crippen LogP) is 1.77. The van der Waals surface area contributed by atoms with Crippen LogP contribution in [-0.2, 0) is 10.0 Å². The fourth-order valence-electron chi connectivity index (χ4n) is 2.26. The van der Waals surface area contributed by atoms with Gasteiger partial charge in [-0.25, -0.2) is 13.6 Å². The first-order chi connectivity index (χ1) is 10.8. The van der Waals surface area contributed by atoms with Crippen LogP contribution in [0.25, 0.3) is 10.9 Å². The second-order valence-electron chi connectivity index (χ2n) is 5.21. The van der Waals surface area contributed by atoms with E-state index in [9.17, 15) is 13.2 Å². The summed E-state index contributed by atoms with van der Waals surface area (Å²) >= 11 is 0. The Labute approximate surface area is 132 Å². The van der Waals surface area contributed by atoms with Gasteiger partial charge in [0.1, 0.15) is 0 Å². The first-order valence-corrected chi connectivity index (χ1v) is 8.26. The van der Waals surface area contributed by atoms with Crippen molar-refractivity contribution >= 4 is 32.5 Å². The van der Waals surface area contributed by atoms with Gasteiger partial charge >= 0.3 is 0 Å². The molecule has 0 radical (unpaired) electrons. The summed E-state index contributed by atoms with van der Waals surface area (Å²) in [5, 5.41) is 15.5. The Hall–Kier alpha value is -2.71. The highest BCUT2D eigenvalue weighted by molar-refractivity contribution is 7.89. The molecule has 0 aliphatic rings. The van der Waals surface area contributed by atoms with Crippen molar-refractivity contribution in [1.82, 2.24) is 10.2 Å². The Morgan fingerprint density at radius 2 is 2.00 bits per heavy atom. The smallest absolute Gasteiger partial charge is 0.255 e. The summed E-state index contributed by atoms with van der Waals surface area (Å²) in [5.41, 5.74) is 2.21. The number of fused-ring (bicyclic) bond motifs is 1. The highest BCUT2D eigenvalue weighted by Gasteiger charge is 2.14. The number of carbonyl (C=O) groups excluding carboxylic acids is 1. The highest BCUT2D eigenvalue weighted by Crippen LogP contribution is 2.19. The number of aryl methyl sites for hydroxylation is 1. The monoisotopic (exact) mass is 330 g/mol. The van der Waals surface area contributed by atoms with E-state index in [2.05, 4.69) is 15.5 Å². The molecule has 1 amide bonds. The number of nitrogens with two attached hydrogens (primary N) is 1. The van der Waals surface area contributed by atoms with Crippen LogP contribution in [0.1, 0.15) is 15.9 Å². The molecule has 7 nitrogen and oxygen atoms in total. The zero-order valence-electron chi connectivity index (χ0n) is 12.2. The molecule has 0 fully saturated rings. The number of hydrogen-bond donors (Lipinski definition) is 3. The second-order valence-corrected chi connectivity index (χ2v) is 6.77. The van der Waals surface area contributed by atoms with Gasteiger partial charge in [0.05, 0.1) is 16.6 Å². The third-order valence-corrected chi connectivity index (χ3v) is 4.23. The molecule has 2 aromatic carbocycles. The third-order valence-electron chi connectivity index (χ3n) is 3.34. The SMILES string of the molecule is Cc1cc(C(=O)Nc2ccc3cn[nH]c3c2)cc(S(N)(=O)=O)c1. The van der Waals surface area contributed by atoms with Gasteiger partial charge in [-0.1, -0.05) is 0 Å². The summed E-state index contributed by atoms with van der Waals surface area (Å²) in [7, 11) is -3.87. The standard InChI is InChI=1S/C15H14N4O3S/c1-9-4-11(6-13(5-9)23(16,21)22)15(20)18-12-3-2-10-8-17-19-14(10)7-12/h2-8H,1H3,(H,17,19)(H,18,20)(H2,16,21,22). The number of carbonyl (C=O) groups is 1. The highest BCUT2D eigenvalue weighted by atomic mass is 32.2. The molecule has 0 spiro atoms. The number of anilines is 1. The van der Waals surface area contributed by atoms with Gasteiger partial charge in [0.15, 0.2) is 0 Å². The summed E-state index contributed by atoms with van der Waals surface area (Å²) in [6, 6.07) is 9.58. The normalized spacial score (nSPS) is 11.6. The molecule has 4 N–H and O–H groups in total. The van der Waals surface area contributed by atoms with E-state index in [1.807, 2.05) is 6.07 Å². The van der Waals surface area contributed by atoms with Crippen molar-refractivity contribution in [3.8, 4) is 0 Å². The van der Waals surface area contributed by atoms with Crippen LogP contribution in [0, 0.1) is 6.92 Å². The van der Waals surface area contributed by atoms with Gasteiger partial charge in [-0.05, 0) is 48.9 Å². The molecule has 8 heteroatoms. The summed E-state index contributed by atoms with van der Waals surface area (Å²) in [4.78, 5) is 12.3. The minimum Gasteiger partial charge on any atom is -0.322 e. The van der Waals surface area contributed by atoms with Gasteiger partial charge in [0.25, 0.3) is 5.91 Å². The zero-order valence-corrected chi connectivity index (χ0v) is 13.0. The minimum absolute atomic E-state index is 0.0910. The van der Waals surface area contributed by atoms with Crippen LogP contribution in [0.4, 0.5) is 5.69 Å². The number of amides is 1. The van der Waals surface area contributed by atoms with E-state index in [0.29, 0.717) is 11.3 Å². The maximum atomic E-state index is 12.3. The van der Waals surface area contributed by atoms with Crippen molar-refractivity contribution in [1.29, 1.82) is 0 Å². The lowest BCUT2D eigenvalue weighted by Crippen LogP contribution is -2.16. The van der Waals surface area contributed by atoms with Crippen molar-refractivity contribution in [2.45, 2.75) is 11.8 Å². The average molecular weight is 330 g/mol. The number of nitrogens with zero attached hydrogens (tertiary/aromatic N) is 1. The lowest BCUT2D eigenvalue weighted by atomic mass is 10.1. The maximum absolute atomic E-state index is 12.3. The molecule has 0 aliphatic heterocycles. The number of aromatic nitrogens is 2. The predicted molar refractivity (Wildman–Crippen MR) is 86.6 cm³/mol. The van der Waals surface area contributed by atoms with Gasteiger partial charge in [0, 0.05) is 16.6 Å². The molecule has 118 valence electrons. The topological polar surface area (TPSA) is 118 Å². The van der Waals surface area contributed by atoms with Crippen molar-refractivity contribution in [3.05, 3.63) is 53.7 Å². The molecule has 3 rings (SSSR count). The maximum Gasteiger partial charge on any atom is 0.255 e. The molecular weight excluding hydrogens is 316 g/mol. The molecule has 3 aromatic rings. The van der Waals surface area contributed by atoms with Crippen molar-refractivity contribution in [2.24, 2.45) is 5.14 Å². The minimum atomic E-state index is -3.87. The number of hydrogen-bond acceptors (Lipinski definition) is 4. The van der Waals surface area contributed by atoms with Crippen LogP contribution in [-0.4, -0.2) is 24.5 Å². The number of primary sulfonamides is 1. The zero-order chi connectivity index (χ0) is 16.6. The molecule has 0 saturated heterocycles.